The number of carbonyl (C=O) groups is 1. The smallest absolute Gasteiger partial charge is 0.273 e. The second kappa shape index (κ2) is 7.43. The second-order valence-electron chi connectivity index (χ2n) is 7.06. The molecule has 2 unspecified atom stereocenters. The number of hydrogen-bond acceptors (Lipinski definition) is 4. The fourth-order valence-electron chi connectivity index (χ4n) is 4.00. The van der Waals surface area contributed by atoms with E-state index in [4.69, 9.17) is 0 Å². The average Bonchev–Trinajstić information content (AvgIpc) is 2.97. The quantitative estimate of drug-likeness (QED) is 0.892. The van der Waals surface area contributed by atoms with Crippen LogP contribution in [0.25, 0.3) is 0 Å². The van der Waals surface area contributed by atoms with E-state index in [0.29, 0.717) is 17.8 Å². The topological polar surface area (TPSA) is 71.8 Å². The van der Waals surface area contributed by atoms with Crippen LogP contribution in [0.1, 0.15) is 74.1 Å². The lowest BCUT2D eigenvalue weighted by Crippen LogP contribution is -2.38. The van der Waals surface area contributed by atoms with Crippen LogP contribution in [0.5, 0.6) is 0 Å². The number of nitrogens with zero attached hydrogens (tertiary/aromatic N) is 3. The van der Waals surface area contributed by atoms with Gasteiger partial charge >= 0.3 is 0 Å². The fraction of sp³-hybridized carbons (Fsp3) is 0.824. The Hall–Kier alpha value is -1.43. The molecule has 0 spiro atoms. The van der Waals surface area contributed by atoms with E-state index in [0.717, 1.165) is 50.4 Å². The largest absolute Gasteiger partial charge is 0.348 e. The lowest BCUT2D eigenvalue weighted by Gasteiger charge is -2.28. The van der Waals surface area contributed by atoms with Gasteiger partial charge in [-0.1, -0.05) is 31.4 Å². The van der Waals surface area contributed by atoms with Crippen LogP contribution < -0.4 is 10.6 Å². The van der Waals surface area contributed by atoms with Crippen molar-refractivity contribution in [3.05, 3.63) is 11.4 Å². The number of carbonyl (C=O) groups excluding carboxylic acids is 1. The highest BCUT2D eigenvalue weighted by molar-refractivity contribution is 5.93. The van der Waals surface area contributed by atoms with E-state index in [-0.39, 0.29) is 5.91 Å². The van der Waals surface area contributed by atoms with Crippen LogP contribution in [0.2, 0.25) is 0 Å². The summed E-state index contributed by atoms with van der Waals surface area (Å²) in [6.07, 6.45) is 8.00. The molecule has 0 aromatic carbocycles. The van der Waals surface area contributed by atoms with E-state index < -0.39 is 0 Å². The second-order valence-corrected chi connectivity index (χ2v) is 7.06. The Balaban J connectivity index is 1.64. The van der Waals surface area contributed by atoms with E-state index in [1.807, 2.05) is 11.6 Å². The van der Waals surface area contributed by atoms with Crippen molar-refractivity contribution >= 4 is 5.91 Å². The summed E-state index contributed by atoms with van der Waals surface area (Å²) < 4.78 is 1.95. The molecule has 23 heavy (non-hydrogen) atoms. The zero-order valence-electron chi connectivity index (χ0n) is 14.3. The first-order valence-corrected chi connectivity index (χ1v) is 9.12. The van der Waals surface area contributed by atoms with Gasteiger partial charge in [0.2, 0.25) is 0 Å². The van der Waals surface area contributed by atoms with Gasteiger partial charge in [0.15, 0.2) is 5.69 Å². The Morgan fingerprint density at radius 1 is 1.30 bits per heavy atom. The predicted molar refractivity (Wildman–Crippen MR) is 89.4 cm³/mol. The maximum atomic E-state index is 12.6. The third kappa shape index (κ3) is 3.74. The molecule has 1 aliphatic carbocycles. The minimum absolute atomic E-state index is 0.0514. The maximum Gasteiger partial charge on any atom is 0.273 e. The van der Waals surface area contributed by atoms with Gasteiger partial charge in [-0.15, -0.1) is 5.10 Å². The molecule has 1 saturated heterocycles. The monoisotopic (exact) mass is 319 g/mol. The van der Waals surface area contributed by atoms with Gasteiger partial charge in [-0.05, 0) is 51.6 Å². The van der Waals surface area contributed by atoms with E-state index in [2.05, 4.69) is 27.9 Å². The van der Waals surface area contributed by atoms with Gasteiger partial charge in [-0.2, -0.15) is 0 Å². The molecule has 0 radical (unpaired) electrons. The summed E-state index contributed by atoms with van der Waals surface area (Å²) >= 11 is 0. The van der Waals surface area contributed by atoms with E-state index in [9.17, 15) is 4.79 Å². The molecule has 0 bridgehead atoms. The molecule has 1 aromatic heterocycles. The van der Waals surface area contributed by atoms with Crippen LogP contribution in [0.3, 0.4) is 0 Å². The van der Waals surface area contributed by atoms with Crippen molar-refractivity contribution in [2.75, 3.05) is 13.1 Å². The zero-order chi connectivity index (χ0) is 16.2. The summed E-state index contributed by atoms with van der Waals surface area (Å²) in [5.74, 6) is 0.699. The lowest BCUT2D eigenvalue weighted by molar-refractivity contribution is 0.0913. The third-order valence-corrected chi connectivity index (χ3v) is 5.49. The van der Waals surface area contributed by atoms with Crippen molar-refractivity contribution in [2.45, 2.75) is 70.9 Å². The van der Waals surface area contributed by atoms with Gasteiger partial charge in [0.25, 0.3) is 5.91 Å². The van der Waals surface area contributed by atoms with Crippen molar-refractivity contribution in [3.8, 4) is 0 Å². The average molecular weight is 319 g/mol. The van der Waals surface area contributed by atoms with E-state index in [1.54, 1.807) is 0 Å². The van der Waals surface area contributed by atoms with Gasteiger partial charge in [-0.3, -0.25) is 4.79 Å². The van der Waals surface area contributed by atoms with Crippen LogP contribution in [-0.4, -0.2) is 40.0 Å². The fourth-order valence-corrected chi connectivity index (χ4v) is 4.00. The number of rotatable bonds is 4. The molecule has 2 aliphatic rings. The molecule has 1 saturated carbocycles. The van der Waals surface area contributed by atoms with Crippen molar-refractivity contribution in [1.29, 1.82) is 0 Å². The highest BCUT2D eigenvalue weighted by Gasteiger charge is 2.26. The molecular formula is C17H29N5O. The van der Waals surface area contributed by atoms with Crippen LogP contribution in [0.15, 0.2) is 0 Å². The molecule has 1 aliphatic heterocycles. The van der Waals surface area contributed by atoms with Gasteiger partial charge in [0.05, 0.1) is 11.7 Å². The van der Waals surface area contributed by atoms with E-state index in [1.165, 1.54) is 19.3 Å². The minimum atomic E-state index is -0.0514. The Morgan fingerprint density at radius 2 is 2.09 bits per heavy atom. The predicted octanol–water partition coefficient (Wildman–Crippen LogP) is 2.21. The van der Waals surface area contributed by atoms with Crippen LogP contribution in [0, 0.1) is 12.8 Å². The Morgan fingerprint density at radius 3 is 2.83 bits per heavy atom. The van der Waals surface area contributed by atoms with Crippen LogP contribution in [-0.2, 0) is 0 Å². The van der Waals surface area contributed by atoms with Crippen molar-refractivity contribution < 1.29 is 4.79 Å². The third-order valence-electron chi connectivity index (χ3n) is 5.49. The first kappa shape index (κ1) is 16.4. The van der Waals surface area contributed by atoms with Crippen molar-refractivity contribution in [2.24, 2.45) is 5.92 Å². The number of aromatic nitrogens is 3. The highest BCUT2D eigenvalue weighted by atomic mass is 16.2. The molecule has 1 aromatic rings. The summed E-state index contributed by atoms with van der Waals surface area (Å²) in [5, 5.41) is 15.0. The van der Waals surface area contributed by atoms with Crippen LogP contribution in [0.4, 0.5) is 0 Å². The normalized spacial score (nSPS) is 26.2. The van der Waals surface area contributed by atoms with Gasteiger partial charge < -0.3 is 10.6 Å². The molecule has 3 rings (SSSR count). The van der Waals surface area contributed by atoms with Crippen molar-refractivity contribution in [1.82, 2.24) is 25.6 Å². The Bertz CT molecular complexity index is 535. The summed E-state index contributed by atoms with van der Waals surface area (Å²) in [4.78, 5) is 12.6. The highest BCUT2D eigenvalue weighted by Crippen LogP contribution is 2.27. The standard InChI is InChI=1S/C17H29N5O/c1-3-13-5-4-6-14(11-13)19-17(23)16-12(2)22(21-20-16)15-7-9-18-10-8-15/h13-15,18H,3-11H2,1-2H3,(H,19,23). The lowest BCUT2D eigenvalue weighted by atomic mass is 9.84. The molecule has 6 heteroatoms. The Kier molecular flexibility index (Phi) is 5.30. The number of nitrogens with one attached hydrogen (secondary N) is 2. The number of amides is 1. The first-order chi connectivity index (χ1) is 11.2. The molecule has 6 nitrogen and oxygen atoms in total. The molecule has 128 valence electrons. The summed E-state index contributed by atoms with van der Waals surface area (Å²) in [7, 11) is 0. The van der Waals surface area contributed by atoms with Crippen LogP contribution >= 0.6 is 0 Å². The van der Waals surface area contributed by atoms with Gasteiger partial charge in [-0.25, -0.2) is 4.68 Å². The first-order valence-electron chi connectivity index (χ1n) is 9.12. The minimum Gasteiger partial charge on any atom is -0.348 e. The summed E-state index contributed by atoms with van der Waals surface area (Å²) in [6.45, 7) is 6.22. The SMILES string of the molecule is CCC1CCCC(NC(=O)c2nnn(C3CCNCC3)c2C)C1. The van der Waals surface area contributed by atoms with Gasteiger partial charge in [0.1, 0.15) is 0 Å². The molecule has 2 heterocycles. The molecule has 2 N–H and O–H groups in total. The Labute approximate surface area is 138 Å². The molecule has 2 fully saturated rings. The number of hydrogen-bond donors (Lipinski definition) is 2. The molecule has 1 amide bonds. The molecule has 2 atom stereocenters. The van der Waals surface area contributed by atoms with E-state index >= 15 is 0 Å². The number of piperidine rings is 1. The zero-order valence-corrected chi connectivity index (χ0v) is 14.3. The molecular weight excluding hydrogens is 290 g/mol. The maximum absolute atomic E-state index is 12.6. The van der Waals surface area contributed by atoms with Gasteiger partial charge in [0, 0.05) is 6.04 Å². The van der Waals surface area contributed by atoms with Crippen molar-refractivity contribution in [3.63, 3.8) is 0 Å². The summed E-state index contributed by atoms with van der Waals surface area (Å²) in [6, 6.07) is 0.661. The summed E-state index contributed by atoms with van der Waals surface area (Å²) in [5.41, 5.74) is 1.40.